The zero-order valence-corrected chi connectivity index (χ0v) is 16.4. The normalized spacial score (nSPS) is 18.0. The SMILES string of the molecule is Cc1nc(CN2C(=O)COc3ccc(S(=O)(=O)NC4CCCCC4)cc32)no1. The maximum atomic E-state index is 12.8. The van der Waals surface area contributed by atoms with E-state index in [2.05, 4.69) is 14.9 Å². The van der Waals surface area contributed by atoms with E-state index in [-0.39, 0.29) is 30.0 Å². The zero-order chi connectivity index (χ0) is 19.7. The molecule has 0 radical (unpaired) electrons. The fourth-order valence-electron chi connectivity index (χ4n) is 3.58. The van der Waals surface area contributed by atoms with Gasteiger partial charge in [0.2, 0.25) is 15.9 Å². The van der Waals surface area contributed by atoms with Crippen molar-refractivity contribution in [2.24, 2.45) is 0 Å². The monoisotopic (exact) mass is 406 g/mol. The molecule has 1 N–H and O–H groups in total. The van der Waals surface area contributed by atoms with Crippen molar-refractivity contribution in [1.82, 2.24) is 14.9 Å². The van der Waals surface area contributed by atoms with Crippen LogP contribution in [0.4, 0.5) is 5.69 Å². The van der Waals surface area contributed by atoms with Crippen LogP contribution in [0, 0.1) is 6.92 Å². The van der Waals surface area contributed by atoms with Gasteiger partial charge in [-0.15, -0.1) is 0 Å². The smallest absolute Gasteiger partial charge is 0.265 e. The Hall–Kier alpha value is -2.46. The predicted molar refractivity (Wildman–Crippen MR) is 99.4 cm³/mol. The number of nitrogens with zero attached hydrogens (tertiary/aromatic N) is 3. The van der Waals surface area contributed by atoms with E-state index in [1.54, 1.807) is 13.0 Å². The van der Waals surface area contributed by atoms with Crippen molar-refractivity contribution >= 4 is 21.6 Å². The molecular weight excluding hydrogens is 384 g/mol. The van der Waals surface area contributed by atoms with Crippen LogP contribution in [0.15, 0.2) is 27.6 Å². The van der Waals surface area contributed by atoms with Crippen molar-refractivity contribution in [3.8, 4) is 5.75 Å². The number of fused-ring (bicyclic) bond motifs is 1. The lowest BCUT2D eigenvalue weighted by Gasteiger charge is -2.29. The minimum atomic E-state index is -3.70. The molecule has 0 saturated heterocycles. The standard InChI is InChI=1S/C18H22N4O5S/c1-12-19-17(20-27-12)10-22-15-9-14(7-8-16(15)26-11-18(22)23)28(24,25)21-13-5-3-2-4-6-13/h7-9,13,21H,2-6,10-11H2,1H3. The molecule has 10 heteroatoms. The van der Waals surface area contributed by atoms with Crippen molar-refractivity contribution in [3.05, 3.63) is 29.9 Å². The number of rotatable bonds is 5. The largest absolute Gasteiger partial charge is 0.482 e. The number of anilines is 1. The van der Waals surface area contributed by atoms with Gasteiger partial charge in [-0.1, -0.05) is 24.4 Å². The molecule has 28 heavy (non-hydrogen) atoms. The second-order valence-corrected chi connectivity index (χ2v) is 8.80. The summed E-state index contributed by atoms with van der Waals surface area (Å²) in [5.74, 6) is 0.873. The van der Waals surface area contributed by atoms with E-state index < -0.39 is 10.0 Å². The molecule has 2 heterocycles. The van der Waals surface area contributed by atoms with Crippen LogP contribution >= 0.6 is 0 Å². The number of nitrogens with one attached hydrogen (secondary N) is 1. The molecule has 1 aliphatic heterocycles. The summed E-state index contributed by atoms with van der Waals surface area (Å²) in [5.41, 5.74) is 0.380. The number of hydrogen-bond acceptors (Lipinski definition) is 7. The topological polar surface area (TPSA) is 115 Å². The molecule has 2 aromatic rings. The Morgan fingerprint density at radius 1 is 1.25 bits per heavy atom. The van der Waals surface area contributed by atoms with Gasteiger partial charge in [0.25, 0.3) is 5.91 Å². The van der Waals surface area contributed by atoms with E-state index in [1.165, 1.54) is 17.0 Å². The fraction of sp³-hybridized carbons (Fsp3) is 0.500. The van der Waals surface area contributed by atoms with Crippen LogP contribution in [-0.2, 0) is 21.4 Å². The summed E-state index contributed by atoms with van der Waals surface area (Å²) in [4.78, 5) is 18.0. The molecule has 0 spiro atoms. The molecule has 150 valence electrons. The molecular formula is C18H22N4O5S. The molecule has 1 amide bonds. The van der Waals surface area contributed by atoms with Gasteiger partial charge in [0.15, 0.2) is 12.4 Å². The minimum absolute atomic E-state index is 0.0499. The summed E-state index contributed by atoms with van der Waals surface area (Å²) in [5, 5.41) is 3.81. The Bertz CT molecular complexity index is 982. The van der Waals surface area contributed by atoms with Gasteiger partial charge in [0, 0.05) is 13.0 Å². The number of aromatic nitrogens is 2. The highest BCUT2D eigenvalue weighted by Crippen LogP contribution is 2.35. The average Bonchev–Trinajstić information content (AvgIpc) is 3.09. The van der Waals surface area contributed by atoms with Crippen molar-refractivity contribution in [3.63, 3.8) is 0 Å². The molecule has 1 fully saturated rings. The molecule has 1 aromatic heterocycles. The van der Waals surface area contributed by atoms with Gasteiger partial charge in [0.05, 0.1) is 17.1 Å². The molecule has 1 saturated carbocycles. The van der Waals surface area contributed by atoms with Crippen LogP contribution < -0.4 is 14.4 Å². The summed E-state index contributed by atoms with van der Waals surface area (Å²) in [6, 6.07) is 4.48. The van der Waals surface area contributed by atoms with Gasteiger partial charge in [-0.3, -0.25) is 9.69 Å². The van der Waals surface area contributed by atoms with Gasteiger partial charge in [-0.05, 0) is 31.0 Å². The van der Waals surface area contributed by atoms with Gasteiger partial charge in [-0.2, -0.15) is 4.98 Å². The lowest BCUT2D eigenvalue weighted by Crippen LogP contribution is -2.39. The Kier molecular flexibility index (Phi) is 5.07. The van der Waals surface area contributed by atoms with Crippen LogP contribution in [0.3, 0.4) is 0 Å². The molecule has 9 nitrogen and oxygen atoms in total. The van der Waals surface area contributed by atoms with E-state index >= 15 is 0 Å². The highest BCUT2D eigenvalue weighted by molar-refractivity contribution is 7.89. The highest BCUT2D eigenvalue weighted by atomic mass is 32.2. The van der Waals surface area contributed by atoms with Crippen LogP contribution in [0.25, 0.3) is 0 Å². The molecule has 1 aliphatic carbocycles. The van der Waals surface area contributed by atoms with Gasteiger partial charge < -0.3 is 9.26 Å². The fourth-order valence-corrected chi connectivity index (χ4v) is 4.90. The lowest BCUT2D eigenvalue weighted by atomic mass is 9.96. The lowest BCUT2D eigenvalue weighted by molar-refractivity contribution is -0.121. The number of carbonyl (C=O) groups is 1. The third-order valence-electron chi connectivity index (χ3n) is 4.98. The Balaban J connectivity index is 1.62. The molecule has 0 unspecified atom stereocenters. The Morgan fingerprint density at radius 2 is 2.04 bits per heavy atom. The van der Waals surface area contributed by atoms with Crippen LogP contribution in [0.5, 0.6) is 5.75 Å². The first-order valence-corrected chi connectivity index (χ1v) is 10.8. The quantitative estimate of drug-likeness (QED) is 0.806. The number of amides is 1. The van der Waals surface area contributed by atoms with Crippen LogP contribution in [0.1, 0.15) is 43.8 Å². The van der Waals surface area contributed by atoms with E-state index in [4.69, 9.17) is 9.26 Å². The number of benzene rings is 1. The van der Waals surface area contributed by atoms with Crippen molar-refractivity contribution in [2.75, 3.05) is 11.5 Å². The van der Waals surface area contributed by atoms with E-state index in [1.807, 2.05) is 0 Å². The number of ether oxygens (including phenoxy) is 1. The second kappa shape index (κ2) is 7.51. The third kappa shape index (κ3) is 3.88. The number of sulfonamides is 1. The number of carbonyl (C=O) groups excluding carboxylic acids is 1. The van der Waals surface area contributed by atoms with Crippen molar-refractivity contribution < 1.29 is 22.5 Å². The maximum Gasteiger partial charge on any atom is 0.265 e. The predicted octanol–water partition coefficient (Wildman–Crippen LogP) is 1.91. The first kappa shape index (κ1) is 18.9. The number of aryl methyl sites for hydroxylation is 1. The first-order valence-electron chi connectivity index (χ1n) is 9.31. The van der Waals surface area contributed by atoms with Crippen LogP contribution in [0.2, 0.25) is 0 Å². The van der Waals surface area contributed by atoms with Crippen molar-refractivity contribution in [2.45, 2.75) is 56.5 Å². The molecule has 2 aliphatic rings. The molecule has 1 aromatic carbocycles. The summed E-state index contributed by atoms with van der Waals surface area (Å²) >= 11 is 0. The summed E-state index contributed by atoms with van der Waals surface area (Å²) in [7, 11) is -3.70. The Labute approximate surface area is 163 Å². The second-order valence-electron chi connectivity index (χ2n) is 7.08. The van der Waals surface area contributed by atoms with E-state index in [0.29, 0.717) is 23.2 Å². The highest BCUT2D eigenvalue weighted by Gasteiger charge is 2.30. The van der Waals surface area contributed by atoms with Crippen LogP contribution in [-0.4, -0.2) is 37.1 Å². The Morgan fingerprint density at radius 3 is 2.75 bits per heavy atom. The summed E-state index contributed by atoms with van der Waals surface area (Å²) < 4.78 is 38.9. The average molecular weight is 406 g/mol. The first-order chi connectivity index (χ1) is 13.4. The summed E-state index contributed by atoms with van der Waals surface area (Å²) in [6.45, 7) is 1.61. The van der Waals surface area contributed by atoms with Crippen molar-refractivity contribution in [1.29, 1.82) is 0 Å². The number of hydrogen-bond donors (Lipinski definition) is 1. The van der Waals surface area contributed by atoms with Gasteiger partial charge in [-0.25, -0.2) is 13.1 Å². The van der Waals surface area contributed by atoms with E-state index in [9.17, 15) is 13.2 Å². The van der Waals surface area contributed by atoms with Gasteiger partial charge in [0.1, 0.15) is 5.75 Å². The molecule has 0 bridgehead atoms. The summed E-state index contributed by atoms with van der Waals surface area (Å²) in [6.07, 6.45) is 4.88. The molecule has 0 atom stereocenters. The zero-order valence-electron chi connectivity index (χ0n) is 15.6. The third-order valence-corrected chi connectivity index (χ3v) is 6.50. The van der Waals surface area contributed by atoms with E-state index in [0.717, 1.165) is 32.1 Å². The minimum Gasteiger partial charge on any atom is -0.482 e. The molecule has 4 rings (SSSR count). The van der Waals surface area contributed by atoms with Gasteiger partial charge >= 0.3 is 0 Å². The maximum absolute atomic E-state index is 12.8.